The first-order chi connectivity index (χ1) is 12.5. The summed E-state index contributed by atoms with van der Waals surface area (Å²) in [5.41, 5.74) is 2.93. The topological polar surface area (TPSA) is 46.9 Å². The van der Waals surface area contributed by atoms with Gasteiger partial charge in [0.1, 0.15) is 5.82 Å². The molecule has 1 N–H and O–H groups in total. The largest absolute Gasteiger partial charge is 0.330 e. The molecule has 0 aliphatic rings. The zero-order valence-electron chi connectivity index (χ0n) is 14.9. The average molecular weight is 412 g/mol. The smallest absolute Gasteiger partial charge is 0.228 e. The summed E-state index contributed by atoms with van der Waals surface area (Å²) in [5, 5.41) is 2.99. The molecule has 2 aromatic carbocycles. The molecule has 1 heterocycles. The molecule has 0 bridgehead atoms. The second-order valence-corrected chi connectivity index (χ2v) is 7.54. The Morgan fingerprint density at radius 3 is 2.65 bits per heavy atom. The van der Waals surface area contributed by atoms with Gasteiger partial charge in [-0.25, -0.2) is 4.98 Å². The standard InChI is InChI=1S/C21H22BrN3O/c1-15(2)21-23-10-11-25(21)14-17-4-3-5-19(12-17)24-20(26)13-16-6-8-18(22)9-7-16/h3-12,15H,13-14H2,1-2H3,(H,24,26). The molecule has 26 heavy (non-hydrogen) atoms. The third kappa shape index (κ3) is 4.82. The number of anilines is 1. The molecule has 4 nitrogen and oxygen atoms in total. The maximum absolute atomic E-state index is 12.3. The predicted molar refractivity (Wildman–Crippen MR) is 108 cm³/mol. The molecule has 0 fully saturated rings. The molecule has 0 aliphatic heterocycles. The van der Waals surface area contributed by atoms with Crippen LogP contribution in [0.25, 0.3) is 0 Å². The number of amides is 1. The van der Waals surface area contributed by atoms with E-state index in [1.165, 1.54) is 0 Å². The zero-order chi connectivity index (χ0) is 18.5. The highest BCUT2D eigenvalue weighted by Crippen LogP contribution is 2.17. The van der Waals surface area contributed by atoms with Crippen molar-refractivity contribution in [1.82, 2.24) is 9.55 Å². The van der Waals surface area contributed by atoms with Gasteiger partial charge < -0.3 is 9.88 Å². The van der Waals surface area contributed by atoms with E-state index in [2.05, 4.69) is 50.7 Å². The maximum Gasteiger partial charge on any atom is 0.228 e. The Kier molecular flexibility index (Phi) is 5.89. The molecule has 0 unspecified atom stereocenters. The Morgan fingerprint density at radius 1 is 1.15 bits per heavy atom. The van der Waals surface area contributed by atoms with Crippen LogP contribution in [0.2, 0.25) is 0 Å². The van der Waals surface area contributed by atoms with Crippen molar-refractivity contribution in [2.24, 2.45) is 0 Å². The first kappa shape index (κ1) is 18.4. The third-order valence-corrected chi connectivity index (χ3v) is 4.63. The summed E-state index contributed by atoms with van der Waals surface area (Å²) in [6.45, 7) is 5.01. The summed E-state index contributed by atoms with van der Waals surface area (Å²) < 4.78 is 3.16. The highest BCUT2D eigenvalue weighted by atomic mass is 79.9. The van der Waals surface area contributed by atoms with Gasteiger partial charge in [-0.3, -0.25) is 4.79 Å². The molecule has 5 heteroatoms. The third-order valence-electron chi connectivity index (χ3n) is 4.11. The molecule has 0 atom stereocenters. The van der Waals surface area contributed by atoms with E-state index in [-0.39, 0.29) is 5.91 Å². The van der Waals surface area contributed by atoms with Gasteiger partial charge >= 0.3 is 0 Å². The molecule has 0 spiro atoms. The van der Waals surface area contributed by atoms with Gasteiger partial charge in [0.2, 0.25) is 5.91 Å². The summed E-state index contributed by atoms with van der Waals surface area (Å²) >= 11 is 3.40. The molecule has 1 amide bonds. The number of hydrogen-bond donors (Lipinski definition) is 1. The van der Waals surface area contributed by atoms with Gasteiger partial charge in [0.15, 0.2) is 0 Å². The fourth-order valence-electron chi connectivity index (χ4n) is 2.89. The SMILES string of the molecule is CC(C)c1nccn1Cc1cccc(NC(=O)Cc2ccc(Br)cc2)c1. The van der Waals surface area contributed by atoms with Crippen molar-refractivity contribution >= 4 is 27.5 Å². The van der Waals surface area contributed by atoms with Crippen LogP contribution in [-0.2, 0) is 17.8 Å². The van der Waals surface area contributed by atoms with Gasteiger partial charge in [-0.1, -0.05) is 54.0 Å². The van der Waals surface area contributed by atoms with Crippen LogP contribution in [0.5, 0.6) is 0 Å². The molecular weight excluding hydrogens is 390 g/mol. The lowest BCUT2D eigenvalue weighted by atomic mass is 10.1. The van der Waals surface area contributed by atoms with Crippen LogP contribution in [-0.4, -0.2) is 15.5 Å². The average Bonchev–Trinajstić information content (AvgIpc) is 3.05. The Labute approximate surface area is 162 Å². The normalized spacial score (nSPS) is 10.9. The van der Waals surface area contributed by atoms with E-state index < -0.39 is 0 Å². The number of aromatic nitrogens is 2. The maximum atomic E-state index is 12.3. The lowest BCUT2D eigenvalue weighted by molar-refractivity contribution is -0.115. The molecule has 0 saturated heterocycles. The Hall–Kier alpha value is -2.40. The molecule has 3 aromatic rings. The number of benzene rings is 2. The van der Waals surface area contributed by atoms with E-state index in [4.69, 9.17) is 0 Å². The fourth-order valence-corrected chi connectivity index (χ4v) is 3.16. The summed E-state index contributed by atoms with van der Waals surface area (Å²) in [6.07, 6.45) is 4.18. The van der Waals surface area contributed by atoms with Crippen LogP contribution in [0.1, 0.15) is 36.7 Å². The van der Waals surface area contributed by atoms with E-state index in [0.717, 1.165) is 33.7 Å². The van der Waals surface area contributed by atoms with E-state index in [0.29, 0.717) is 12.3 Å². The van der Waals surface area contributed by atoms with Crippen molar-refractivity contribution in [2.45, 2.75) is 32.7 Å². The number of carbonyl (C=O) groups excluding carboxylic acids is 1. The number of hydrogen-bond acceptors (Lipinski definition) is 2. The van der Waals surface area contributed by atoms with Crippen molar-refractivity contribution in [3.05, 3.63) is 82.3 Å². The second-order valence-electron chi connectivity index (χ2n) is 6.62. The van der Waals surface area contributed by atoms with Gasteiger partial charge in [0.05, 0.1) is 6.42 Å². The highest BCUT2D eigenvalue weighted by molar-refractivity contribution is 9.10. The zero-order valence-corrected chi connectivity index (χ0v) is 16.5. The first-order valence-corrected chi connectivity index (χ1v) is 9.45. The minimum atomic E-state index is -0.0185. The summed E-state index contributed by atoms with van der Waals surface area (Å²) in [7, 11) is 0. The van der Waals surface area contributed by atoms with Gasteiger partial charge in [-0.2, -0.15) is 0 Å². The van der Waals surface area contributed by atoms with E-state index in [1.807, 2.05) is 54.9 Å². The van der Waals surface area contributed by atoms with E-state index in [9.17, 15) is 4.79 Å². The number of imidazole rings is 1. The predicted octanol–water partition coefficient (Wildman–Crippen LogP) is 5.00. The van der Waals surface area contributed by atoms with Crippen LogP contribution in [0.3, 0.4) is 0 Å². The molecule has 0 saturated carbocycles. The molecule has 1 aromatic heterocycles. The summed E-state index contributed by atoms with van der Waals surface area (Å²) in [6, 6.07) is 15.8. The van der Waals surface area contributed by atoms with Crippen molar-refractivity contribution in [3.8, 4) is 0 Å². The van der Waals surface area contributed by atoms with Gasteiger partial charge in [0, 0.05) is 35.0 Å². The monoisotopic (exact) mass is 411 g/mol. The summed E-state index contributed by atoms with van der Waals surface area (Å²) in [5.74, 6) is 1.42. The second kappa shape index (κ2) is 8.32. The Balaban J connectivity index is 1.66. The molecule has 3 rings (SSSR count). The van der Waals surface area contributed by atoms with Crippen LogP contribution in [0.4, 0.5) is 5.69 Å². The number of rotatable bonds is 6. The minimum Gasteiger partial charge on any atom is -0.330 e. The lowest BCUT2D eigenvalue weighted by Crippen LogP contribution is -2.14. The fraction of sp³-hybridized carbons (Fsp3) is 0.238. The van der Waals surface area contributed by atoms with E-state index >= 15 is 0 Å². The molecule has 0 aliphatic carbocycles. The number of halogens is 1. The van der Waals surface area contributed by atoms with Crippen molar-refractivity contribution in [1.29, 1.82) is 0 Å². The molecule has 134 valence electrons. The number of nitrogens with one attached hydrogen (secondary N) is 1. The van der Waals surface area contributed by atoms with Crippen molar-refractivity contribution in [2.75, 3.05) is 5.32 Å². The van der Waals surface area contributed by atoms with E-state index in [1.54, 1.807) is 0 Å². The minimum absolute atomic E-state index is 0.0185. The first-order valence-electron chi connectivity index (χ1n) is 8.65. The van der Waals surface area contributed by atoms with Crippen molar-refractivity contribution in [3.63, 3.8) is 0 Å². The van der Waals surface area contributed by atoms with Crippen molar-refractivity contribution < 1.29 is 4.79 Å². The van der Waals surface area contributed by atoms with Crippen LogP contribution in [0, 0.1) is 0 Å². The van der Waals surface area contributed by atoms with Crippen LogP contribution >= 0.6 is 15.9 Å². The Morgan fingerprint density at radius 2 is 1.92 bits per heavy atom. The van der Waals surface area contributed by atoms with Gasteiger partial charge in [-0.05, 0) is 35.4 Å². The highest BCUT2D eigenvalue weighted by Gasteiger charge is 2.09. The molecule has 0 radical (unpaired) electrons. The Bertz CT molecular complexity index is 884. The quantitative estimate of drug-likeness (QED) is 0.620. The summed E-state index contributed by atoms with van der Waals surface area (Å²) in [4.78, 5) is 16.7. The number of carbonyl (C=O) groups is 1. The number of nitrogens with zero attached hydrogens (tertiary/aromatic N) is 2. The molecular formula is C21H22BrN3O. The van der Waals surface area contributed by atoms with Gasteiger partial charge in [0.25, 0.3) is 0 Å². The van der Waals surface area contributed by atoms with Crippen LogP contribution < -0.4 is 5.32 Å². The lowest BCUT2D eigenvalue weighted by Gasteiger charge is -2.12. The van der Waals surface area contributed by atoms with Crippen LogP contribution in [0.15, 0.2) is 65.4 Å². The van der Waals surface area contributed by atoms with Gasteiger partial charge in [-0.15, -0.1) is 0 Å².